The Bertz CT molecular complexity index is 412. The van der Waals surface area contributed by atoms with Gasteiger partial charge in [-0.15, -0.1) is 0 Å². The van der Waals surface area contributed by atoms with E-state index in [1.807, 2.05) is 20.8 Å². The van der Waals surface area contributed by atoms with Gasteiger partial charge in [0, 0.05) is 19.4 Å². The molecule has 0 aromatic rings. The molecule has 1 aliphatic heterocycles. The Labute approximate surface area is 167 Å². The lowest BCUT2D eigenvalue weighted by atomic mass is 9.88. The molecule has 0 aromatic carbocycles. The van der Waals surface area contributed by atoms with Gasteiger partial charge in [0.1, 0.15) is 6.10 Å². The van der Waals surface area contributed by atoms with Gasteiger partial charge in [0.05, 0.1) is 24.7 Å². The van der Waals surface area contributed by atoms with E-state index in [9.17, 15) is 0 Å². The topological polar surface area (TPSA) is 40.2 Å². The number of ether oxygens (including phenoxy) is 4. The standard InChI is InChI=1S/C23H42O4/c1-7-8-9-10-11-12-14-21(15-13-16-24-17-22-18-25-22)23(6,26-19(2)3)27-20(4)5/h21-22H,2,4,7-18H2,1,3,5-6H3. The molecular weight excluding hydrogens is 340 g/mol. The van der Waals surface area contributed by atoms with E-state index in [4.69, 9.17) is 18.9 Å². The summed E-state index contributed by atoms with van der Waals surface area (Å²) in [6, 6.07) is 0. The van der Waals surface area contributed by atoms with Gasteiger partial charge in [-0.2, -0.15) is 0 Å². The zero-order valence-corrected chi connectivity index (χ0v) is 18.2. The molecule has 158 valence electrons. The molecular formula is C23H42O4. The van der Waals surface area contributed by atoms with Gasteiger partial charge in [-0.25, -0.2) is 0 Å². The van der Waals surface area contributed by atoms with Crippen molar-refractivity contribution in [2.75, 3.05) is 19.8 Å². The van der Waals surface area contributed by atoms with Crippen LogP contribution in [0, 0.1) is 5.92 Å². The van der Waals surface area contributed by atoms with Crippen LogP contribution in [0.1, 0.15) is 85.5 Å². The second-order valence-corrected chi connectivity index (χ2v) is 8.05. The molecule has 0 N–H and O–H groups in total. The molecule has 4 heteroatoms. The summed E-state index contributed by atoms with van der Waals surface area (Å²) in [5, 5.41) is 0. The molecule has 4 nitrogen and oxygen atoms in total. The van der Waals surface area contributed by atoms with Gasteiger partial charge in [0.25, 0.3) is 0 Å². The van der Waals surface area contributed by atoms with Crippen molar-refractivity contribution in [3.63, 3.8) is 0 Å². The lowest BCUT2D eigenvalue weighted by molar-refractivity contribution is -0.216. The number of hydrogen-bond acceptors (Lipinski definition) is 4. The Morgan fingerprint density at radius 1 is 1.00 bits per heavy atom. The maximum Gasteiger partial charge on any atom is 0.250 e. The molecule has 2 atom stereocenters. The van der Waals surface area contributed by atoms with Gasteiger partial charge in [0.2, 0.25) is 5.79 Å². The highest BCUT2D eigenvalue weighted by Gasteiger charge is 2.38. The molecule has 0 radical (unpaired) electrons. The Balaban J connectivity index is 2.54. The van der Waals surface area contributed by atoms with Gasteiger partial charge in [-0.3, -0.25) is 0 Å². The third-order valence-electron chi connectivity index (χ3n) is 4.95. The number of hydrogen-bond donors (Lipinski definition) is 0. The SMILES string of the molecule is C=C(C)OC(C)(OC(=C)C)C(CCCCCCCC)CCCOCC1CO1. The lowest BCUT2D eigenvalue weighted by Gasteiger charge is -2.38. The van der Waals surface area contributed by atoms with Gasteiger partial charge < -0.3 is 18.9 Å². The third kappa shape index (κ3) is 11.4. The fraction of sp³-hybridized carbons (Fsp3) is 0.826. The second kappa shape index (κ2) is 13.2. The summed E-state index contributed by atoms with van der Waals surface area (Å²) < 4.78 is 23.0. The van der Waals surface area contributed by atoms with Gasteiger partial charge in [-0.1, -0.05) is 58.6 Å². The van der Waals surface area contributed by atoms with E-state index in [1.165, 1.54) is 38.5 Å². The molecule has 0 amide bonds. The first-order valence-corrected chi connectivity index (χ1v) is 10.8. The van der Waals surface area contributed by atoms with Gasteiger partial charge >= 0.3 is 0 Å². The minimum absolute atomic E-state index is 0.276. The van der Waals surface area contributed by atoms with E-state index in [2.05, 4.69) is 20.1 Å². The molecule has 0 spiro atoms. The second-order valence-electron chi connectivity index (χ2n) is 8.05. The molecule has 0 aliphatic carbocycles. The van der Waals surface area contributed by atoms with Crippen molar-refractivity contribution in [2.45, 2.75) is 97.4 Å². The summed E-state index contributed by atoms with van der Waals surface area (Å²) in [6.45, 7) is 18.2. The molecule has 1 fully saturated rings. The van der Waals surface area contributed by atoms with Crippen molar-refractivity contribution in [3.05, 3.63) is 24.7 Å². The highest BCUT2D eigenvalue weighted by atomic mass is 16.7. The first kappa shape index (κ1) is 24.0. The Morgan fingerprint density at radius 3 is 2.11 bits per heavy atom. The summed E-state index contributed by atoms with van der Waals surface area (Å²) in [5.74, 6) is 0.904. The lowest BCUT2D eigenvalue weighted by Crippen LogP contribution is -2.40. The van der Waals surface area contributed by atoms with E-state index >= 15 is 0 Å². The molecule has 1 aliphatic rings. The van der Waals surface area contributed by atoms with Crippen molar-refractivity contribution >= 4 is 0 Å². The minimum Gasteiger partial charge on any atom is -0.458 e. The summed E-state index contributed by atoms with van der Waals surface area (Å²) in [4.78, 5) is 0. The molecule has 0 aromatic heterocycles. The molecule has 2 unspecified atom stereocenters. The maximum absolute atomic E-state index is 6.07. The van der Waals surface area contributed by atoms with Crippen molar-refractivity contribution in [1.29, 1.82) is 0 Å². The molecule has 0 bridgehead atoms. The van der Waals surface area contributed by atoms with Gasteiger partial charge in [0.15, 0.2) is 0 Å². The zero-order valence-electron chi connectivity index (χ0n) is 18.2. The average Bonchev–Trinajstić information content (AvgIpc) is 3.38. The van der Waals surface area contributed by atoms with Crippen molar-refractivity contribution in [3.8, 4) is 0 Å². The monoisotopic (exact) mass is 382 g/mol. The smallest absolute Gasteiger partial charge is 0.250 e. The van der Waals surface area contributed by atoms with Crippen LogP contribution in [0.4, 0.5) is 0 Å². The highest BCUT2D eigenvalue weighted by molar-refractivity contribution is 4.89. The van der Waals surface area contributed by atoms with E-state index in [0.717, 1.165) is 32.5 Å². The first-order valence-electron chi connectivity index (χ1n) is 10.8. The third-order valence-corrected chi connectivity index (χ3v) is 4.95. The molecule has 1 saturated heterocycles. The van der Waals surface area contributed by atoms with E-state index < -0.39 is 5.79 Å². The summed E-state index contributed by atoms with van der Waals surface area (Å²) in [5.41, 5.74) is 0. The fourth-order valence-electron chi connectivity index (χ4n) is 3.53. The Kier molecular flexibility index (Phi) is 11.8. The predicted octanol–water partition coefficient (Wildman–Crippen LogP) is 6.37. The molecule has 1 heterocycles. The maximum atomic E-state index is 6.07. The molecule has 27 heavy (non-hydrogen) atoms. The molecule has 1 rings (SSSR count). The van der Waals surface area contributed by atoms with Crippen LogP contribution in [0.2, 0.25) is 0 Å². The van der Waals surface area contributed by atoms with Crippen LogP contribution in [-0.4, -0.2) is 31.7 Å². The van der Waals surface area contributed by atoms with E-state index in [0.29, 0.717) is 24.2 Å². The Hall–Kier alpha value is -1.00. The van der Waals surface area contributed by atoms with Crippen molar-refractivity contribution in [1.82, 2.24) is 0 Å². The number of allylic oxidation sites excluding steroid dienone is 2. The number of unbranched alkanes of at least 4 members (excludes halogenated alkanes) is 5. The average molecular weight is 383 g/mol. The molecule has 0 saturated carbocycles. The van der Waals surface area contributed by atoms with Crippen LogP contribution in [0.3, 0.4) is 0 Å². The normalized spacial score (nSPS) is 17.4. The van der Waals surface area contributed by atoms with Crippen LogP contribution in [0.15, 0.2) is 24.7 Å². The quantitative estimate of drug-likeness (QED) is 0.120. The summed E-state index contributed by atoms with van der Waals surface area (Å²) in [7, 11) is 0. The van der Waals surface area contributed by atoms with E-state index in [-0.39, 0.29) is 5.92 Å². The number of rotatable bonds is 18. The van der Waals surface area contributed by atoms with Crippen molar-refractivity contribution in [2.24, 2.45) is 5.92 Å². The Morgan fingerprint density at radius 2 is 1.56 bits per heavy atom. The fourth-order valence-corrected chi connectivity index (χ4v) is 3.53. The minimum atomic E-state index is -0.722. The summed E-state index contributed by atoms with van der Waals surface area (Å²) >= 11 is 0. The van der Waals surface area contributed by atoms with Gasteiger partial charge in [-0.05, 0) is 33.1 Å². The van der Waals surface area contributed by atoms with Crippen LogP contribution < -0.4 is 0 Å². The largest absolute Gasteiger partial charge is 0.458 e. The van der Waals surface area contributed by atoms with Crippen LogP contribution in [0.25, 0.3) is 0 Å². The number of epoxide rings is 1. The van der Waals surface area contributed by atoms with Crippen molar-refractivity contribution < 1.29 is 18.9 Å². The predicted molar refractivity (Wildman–Crippen MR) is 111 cm³/mol. The van der Waals surface area contributed by atoms with Crippen LogP contribution in [-0.2, 0) is 18.9 Å². The van der Waals surface area contributed by atoms with Crippen LogP contribution >= 0.6 is 0 Å². The highest BCUT2D eigenvalue weighted by Crippen LogP contribution is 2.35. The van der Waals surface area contributed by atoms with E-state index in [1.54, 1.807) is 0 Å². The first-order chi connectivity index (χ1) is 12.9. The summed E-state index contributed by atoms with van der Waals surface area (Å²) in [6.07, 6.45) is 11.1. The van der Waals surface area contributed by atoms with Crippen LogP contribution in [0.5, 0.6) is 0 Å². The zero-order chi connectivity index (χ0) is 20.1.